The van der Waals surface area contributed by atoms with Crippen LogP contribution in [0.25, 0.3) is 0 Å². The van der Waals surface area contributed by atoms with E-state index in [0.717, 1.165) is 17.4 Å². The van der Waals surface area contributed by atoms with Gasteiger partial charge in [0.2, 0.25) is 5.88 Å². The normalized spacial score (nSPS) is 16.2. The summed E-state index contributed by atoms with van der Waals surface area (Å²) < 4.78 is 6.91. The predicted octanol–water partition coefficient (Wildman–Crippen LogP) is 4.00. The van der Waals surface area contributed by atoms with Crippen molar-refractivity contribution >= 4 is 33.0 Å². The molecule has 0 amide bonds. The average molecular weight is 462 g/mol. The van der Waals surface area contributed by atoms with Crippen molar-refractivity contribution in [1.29, 1.82) is 5.26 Å². The Morgan fingerprint density at radius 2 is 2.24 bits per heavy atom. The zero-order valence-corrected chi connectivity index (χ0v) is 16.9. The quantitative estimate of drug-likeness (QED) is 0.404. The molecule has 1 unspecified atom stereocenters. The van der Waals surface area contributed by atoms with E-state index in [1.165, 1.54) is 25.1 Å². The van der Waals surface area contributed by atoms with E-state index >= 15 is 0 Å². The Balaban J connectivity index is 2.04. The van der Waals surface area contributed by atoms with Gasteiger partial charge in [-0.2, -0.15) is 5.26 Å². The van der Waals surface area contributed by atoms with E-state index in [2.05, 4.69) is 26.2 Å². The molecule has 1 fully saturated rings. The summed E-state index contributed by atoms with van der Waals surface area (Å²) in [5, 5.41) is 38.6. The molecule has 2 heterocycles. The number of benzene rings is 1. The van der Waals surface area contributed by atoms with Gasteiger partial charge in [-0.1, -0.05) is 0 Å². The Morgan fingerprint density at radius 3 is 2.83 bits per heavy atom. The fourth-order valence-corrected chi connectivity index (χ4v) is 3.46. The number of nitro groups is 1. The Hall–Kier alpha value is -3.10. The van der Waals surface area contributed by atoms with Crippen molar-refractivity contribution in [2.45, 2.75) is 32.4 Å². The summed E-state index contributed by atoms with van der Waals surface area (Å²) >= 11 is 3.19. The van der Waals surface area contributed by atoms with E-state index in [1.54, 1.807) is 0 Å². The Labute approximate surface area is 173 Å². The minimum Gasteiger partial charge on any atom is -0.493 e. The van der Waals surface area contributed by atoms with Crippen molar-refractivity contribution in [3.8, 4) is 11.9 Å². The summed E-state index contributed by atoms with van der Waals surface area (Å²) in [5.41, 5.74) is -0.424. The monoisotopic (exact) mass is 461 g/mol. The number of pyridine rings is 1. The van der Waals surface area contributed by atoms with Gasteiger partial charge in [-0.05, 0) is 41.8 Å². The third-order valence-electron chi connectivity index (χ3n) is 4.58. The molecule has 1 saturated heterocycles. The number of non-ortho nitro benzene ring substituents is 1. The van der Waals surface area contributed by atoms with Crippen LogP contribution in [0.5, 0.6) is 5.88 Å². The molecule has 3 rings (SSSR count). The smallest absolute Gasteiger partial charge is 0.281 e. The lowest BCUT2D eigenvalue weighted by Crippen LogP contribution is -2.27. The Kier molecular flexibility index (Phi) is 6.05. The maximum absolute atomic E-state index is 12.9. The summed E-state index contributed by atoms with van der Waals surface area (Å²) in [7, 11) is 0. The summed E-state index contributed by atoms with van der Waals surface area (Å²) in [4.78, 5) is 23.2. The van der Waals surface area contributed by atoms with Gasteiger partial charge in [-0.3, -0.25) is 19.5 Å². The van der Waals surface area contributed by atoms with Gasteiger partial charge in [0.1, 0.15) is 17.3 Å². The van der Waals surface area contributed by atoms with Crippen LogP contribution in [0.2, 0.25) is 0 Å². The van der Waals surface area contributed by atoms with Crippen LogP contribution in [-0.4, -0.2) is 27.3 Å². The van der Waals surface area contributed by atoms with E-state index in [-0.39, 0.29) is 40.8 Å². The number of azo groups is 1. The second kappa shape index (κ2) is 8.50. The van der Waals surface area contributed by atoms with Crippen molar-refractivity contribution in [3.63, 3.8) is 0 Å². The fourth-order valence-electron chi connectivity index (χ4n) is 3.01. The SMILES string of the molecule is Cc1c(C#N)c(O)n(CC2CCCO2)c(=O)c1N=Nc1ccc([N+](=O)[O-])cc1Br. The number of aromatic hydroxyl groups is 1. The lowest BCUT2D eigenvalue weighted by molar-refractivity contribution is -0.384. The summed E-state index contributed by atoms with van der Waals surface area (Å²) in [6.45, 7) is 2.18. The van der Waals surface area contributed by atoms with Crippen LogP contribution in [0.4, 0.5) is 17.1 Å². The number of hydrogen-bond donors (Lipinski definition) is 1. The highest BCUT2D eigenvalue weighted by molar-refractivity contribution is 9.10. The molecule has 0 saturated carbocycles. The topological polar surface area (TPSA) is 143 Å². The number of ether oxygens (including phenoxy) is 1. The first kappa shape index (κ1) is 20.6. The number of halogens is 1. The van der Waals surface area contributed by atoms with Crippen LogP contribution in [-0.2, 0) is 11.3 Å². The average Bonchev–Trinajstić information content (AvgIpc) is 3.19. The molecule has 1 aromatic carbocycles. The number of nitro benzene ring substituents is 1. The minimum absolute atomic E-state index is 0.0701. The molecule has 1 aromatic heterocycles. The van der Waals surface area contributed by atoms with Gasteiger partial charge in [0, 0.05) is 24.3 Å². The number of nitriles is 1. The van der Waals surface area contributed by atoms with Gasteiger partial charge in [-0.15, -0.1) is 10.2 Å². The second-order valence-corrected chi connectivity index (χ2v) is 7.28. The van der Waals surface area contributed by atoms with Gasteiger partial charge in [0.25, 0.3) is 11.2 Å². The van der Waals surface area contributed by atoms with E-state index in [1.807, 2.05) is 6.07 Å². The molecule has 2 aromatic rings. The van der Waals surface area contributed by atoms with Crippen molar-refractivity contribution in [3.05, 3.63) is 54.3 Å². The number of rotatable bonds is 5. The first-order valence-corrected chi connectivity index (χ1v) is 9.46. The Morgan fingerprint density at radius 1 is 1.48 bits per heavy atom. The maximum Gasteiger partial charge on any atom is 0.281 e. The highest BCUT2D eigenvalue weighted by Crippen LogP contribution is 2.32. The molecule has 1 atom stereocenters. The summed E-state index contributed by atoms with van der Waals surface area (Å²) in [5.74, 6) is -0.430. The van der Waals surface area contributed by atoms with Crippen molar-refractivity contribution < 1.29 is 14.8 Å². The van der Waals surface area contributed by atoms with Crippen molar-refractivity contribution in [2.24, 2.45) is 10.2 Å². The number of aromatic nitrogens is 1. The van der Waals surface area contributed by atoms with Crippen molar-refractivity contribution in [2.75, 3.05) is 6.61 Å². The molecule has 0 spiro atoms. The molecule has 1 aliphatic rings. The highest BCUT2D eigenvalue weighted by atomic mass is 79.9. The molecular weight excluding hydrogens is 446 g/mol. The van der Waals surface area contributed by atoms with Crippen LogP contribution in [0.3, 0.4) is 0 Å². The maximum atomic E-state index is 12.9. The Bertz CT molecular complexity index is 1100. The minimum atomic E-state index is -0.601. The van der Waals surface area contributed by atoms with Crippen LogP contribution < -0.4 is 5.56 Å². The van der Waals surface area contributed by atoms with Gasteiger partial charge >= 0.3 is 0 Å². The van der Waals surface area contributed by atoms with Gasteiger partial charge in [0.05, 0.1) is 22.0 Å². The molecular formula is C18H16BrN5O5. The lowest BCUT2D eigenvalue weighted by Gasteiger charge is -2.16. The van der Waals surface area contributed by atoms with Crippen LogP contribution in [0, 0.1) is 28.4 Å². The molecule has 11 heteroatoms. The standard InChI is InChI=1S/C18H16BrN5O5/c1-10-13(8-20)17(25)23(9-12-3-2-6-29-12)18(26)16(10)22-21-15-5-4-11(24(27)28)7-14(15)19/h4-5,7,12,25H,2-3,6,9H2,1H3. The highest BCUT2D eigenvalue weighted by Gasteiger charge is 2.23. The van der Waals surface area contributed by atoms with Gasteiger partial charge < -0.3 is 9.84 Å². The molecule has 150 valence electrons. The first-order chi connectivity index (χ1) is 13.8. The van der Waals surface area contributed by atoms with Gasteiger partial charge in [0.15, 0.2) is 5.69 Å². The van der Waals surface area contributed by atoms with Crippen molar-refractivity contribution in [1.82, 2.24) is 4.57 Å². The van der Waals surface area contributed by atoms with E-state index in [0.29, 0.717) is 11.1 Å². The van der Waals surface area contributed by atoms with Crippen LogP contribution in [0.1, 0.15) is 24.0 Å². The van der Waals surface area contributed by atoms with Crippen LogP contribution >= 0.6 is 15.9 Å². The molecule has 1 N–H and O–H groups in total. The van der Waals surface area contributed by atoms with E-state index in [4.69, 9.17) is 4.74 Å². The lowest BCUT2D eigenvalue weighted by atomic mass is 10.1. The molecule has 29 heavy (non-hydrogen) atoms. The second-order valence-electron chi connectivity index (χ2n) is 6.43. The number of hydrogen-bond acceptors (Lipinski definition) is 8. The first-order valence-electron chi connectivity index (χ1n) is 8.67. The third-order valence-corrected chi connectivity index (χ3v) is 5.21. The molecule has 0 radical (unpaired) electrons. The zero-order valence-electron chi connectivity index (χ0n) is 15.3. The molecule has 1 aliphatic heterocycles. The predicted molar refractivity (Wildman–Crippen MR) is 106 cm³/mol. The third kappa shape index (κ3) is 4.18. The molecule has 0 aliphatic carbocycles. The summed E-state index contributed by atoms with van der Waals surface area (Å²) in [6.07, 6.45) is 1.37. The molecule has 10 nitrogen and oxygen atoms in total. The van der Waals surface area contributed by atoms with E-state index in [9.17, 15) is 25.3 Å². The van der Waals surface area contributed by atoms with Crippen LogP contribution in [0.15, 0.2) is 37.7 Å². The fraction of sp³-hybridized carbons (Fsp3) is 0.333. The number of nitrogens with zero attached hydrogens (tertiary/aromatic N) is 5. The van der Waals surface area contributed by atoms with Gasteiger partial charge in [-0.25, -0.2) is 0 Å². The summed E-state index contributed by atoms with van der Waals surface area (Å²) in [6, 6.07) is 5.81. The largest absolute Gasteiger partial charge is 0.493 e. The zero-order chi connectivity index (χ0) is 21.1. The van der Waals surface area contributed by atoms with E-state index < -0.39 is 16.4 Å². The molecule has 0 bridgehead atoms.